The van der Waals surface area contributed by atoms with E-state index < -0.39 is 6.04 Å². The number of urea groups is 1. The van der Waals surface area contributed by atoms with E-state index in [0.29, 0.717) is 30.2 Å². The summed E-state index contributed by atoms with van der Waals surface area (Å²) in [6.07, 6.45) is 2.21. The first kappa shape index (κ1) is 23.2. The van der Waals surface area contributed by atoms with Gasteiger partial charge in [0.05, 0.1) is 33.1 Å². The van der Waals surface area contributed by atoms with Crippen LogP contribution in [-0.4, -0.2) is 43.6 Å². The maximum Gasteiger partial charge on any atom is 0.318 e. The van der Waals surface area contributed by atoms with Gasteiger partial charge in [-0.15, -0.1) is 0 Å². The molecule has 0 bridgehead atoms. The lowest BCUT2D eigenvalue weighted by atomic mass is 9.88. The Kier molecular flexibility index (Phi) is 7.06. The number of furan rings is 1. The smallest absolute Gasteiger partial charge is 0.318 e. The summed E-state index contributed by atoms with van der Waals surface area (Å²) in [5.41, 5.74) is 3.04. The van der Waals surface area contributed by atoms with Gasteiger partial charge in [0.2, 0.25) is 5.91 Å². The fraction of sp³-hybridized carbons (Fsp3) is 0.308. The summed E-state index contributed by atoms with van der Waals surface area (Å²) in [7, 11) is 3.21. The highest BCUT2D eigenvalue weighted by molar-refractivity contribution is 5.87. The standard InChI is InChI=1S/C26H29N3O5/c1-17(25(30)27-16-20-10-7-13-34-20)28-26(31)29-12-11-19-14-22(32-2)23(33-3)15-21(19)24(29)18-8-5-4-6-9-18/h4-10,13-15,17,24H,11-12,16H2,1-3H3,(H,27,30)(H,28,31)/t17-,24-/m0/s1. The van der Waals surface area contributed by atoms with Crippen LogP contribution in [0, 0.1) is 0 Å². The van der Waals surface area contributed by atoms with Crippen LogP contribution < -0.4 is 20.1 Å². The zero-order valence-corrected chi connectivity index (χ0v) is 19.5. The quantitative estimate of drug-likeness (QED) is 0.558. The van der Waals surface area contributed by atoms with Gasteiger partial charge in [0.15, 0.2) is 11.5 Å². The van der Waals surface area contributed by atoms with Gasteiger partial charge in [0.25, 0.3) is 0 Å². The van der Waals surface area contributed by atoms with Crippen molar-refractivity contribution in [2.24, 2.45) is 0 Å². The summed E-state index contributed by atoms with van der Waals surface area (Å²) in [5.74, 6) is 1.63. The van der Waals surface area contributed by atoms with Crippen LogP contribution in [0.5, 0.6) is 11.5 Å². The predicted octanol–water partition coefficient (Wildman–Crippen LogP) is 3.66. The minimum atomic E-state index is -0.717. The summed E-state index contributed by atoms with van der Waals surface area (Å²) in [6.45, 7) is 2.42. The molecule has 0 radical (unpaired) electrons. The number of nitrogens with one attached hydrogen (secondary N) is 2. The van der Waals surface area contributed by atoms with Crippen LogP contribution in [-0.2, 0) is 17.8 Å². The summed E-state index contributed by atoms with van der Waals surface area (Å²) in [6, 6.07) is 15.9. The van der Waals surface area contributed by atoms with E-state index in [4.69, 9.17) is 13.9 Å². The molecule has 0 unspecified atom stereocenters. The number of amides is 3. The molecule has 0 saturated heterocycles. The summed E-state index contributed by atoms with van der Waals surface area (Å²) in [4.78, 5) is 27.7. The number of carbonyl (C=O) groups excluding carboxylic acids is 2. The van der Waals surface area contributed by atoms with Crippen LogP contribution >= 0.6 is 0 Å². The maximum absolute atomic E-state index is 13.4. The SMILES string of the molecule is COc1cc2c(cc1OC)[C@H](c1ccccc1)N(C(=O)N[C@@H](C)C(=O)NCc1ccco1)CC2. The molecule has 0 spiro atoms. The molecular weight excluding hydrogens is 434 g/mol. The number of nitrogens with zero attached hydrogens (tertiary/aromatic N) is 1. The number of fused-ring (bicyclic) bond motifs is 1. The van der Waals surface area contributed by atoms with Crippen LogP contribution in [0.1, 0.15) is 35.4 Å². The molecule has 2 N–H and O–H groups in total. The molecule has 2 heterocycles. The van der Waals surface area contributed by atoms with Crippen LogP contribution in [0.15, 0.2) is 65.3 Å². The monoisotopic (exact) mass is 463 g/mol. The molecule has 2 aromatic carbocycles. The van der Waals surface area contributed by atoms with Gasteiger partial charge in [-0.2, -0.15) is 0 Å². The topological polar surface area (TPSA) is 93.0 Å². The van der Waals surface area contributed by atoms with E-state index in [9.17, 15) is 9.59 Å². The largest absolute Gasteiger partial charge is 0.493 e. The van der Waals surface area contributed by atoms with E-state index in [1.54, 1.807) is 44.4 Å². The molecule has 4 rings (SSSR count). The highest BCUT2D eigenvalue weighted by Crippen LogP contribution is 2.41. The molecule has 178 valence electrons. The summed E-state index contributed by atoms with van der Waals surface area (Å²) < 4.78 is 16.3. The first-order valence-corrected chi connectivity index (χ1v) is 11.2. The Balaban J connectivity index is 1.56. The minimum absolute atomic E-state index is 0.261. The van der Waals surface area contributed by atoms with Gasteiger partial charge in [-0.05, 0) is 54.3 Å². The van der Waals surface area contributed by atoms with E-state index in [0.717, 1.165) is 16.7 Å². The molecule has 8 heteroatoms. The molecule has 34 heavy (non-hydrogen) atoms. The second-order valence-electron chi connectivity index (χ2n) is 8.13. The highest BCUT2D eigenvalue weighted by Gasteiger charge is 2.34. The molecule has 3 aromatic rings. The van der Waals surface area contributed by atoms with Crippen molar-refractivity contribution in [3.8, 4) is 11.5 Å². The Morgan fingerprint density at radius 2 is 1.82 bits per heavy atom. The molecule has 2 atom stereocenters. The van der Waals surface area contributed by atoms with Crippen molar-refractivity contribution in [1.82, 2.24) is 15.5 Å². The molecule has 1 aliphatic heterocycles. The van der Waals surface area contributed by atoms with Crippen molar-refractivity contribution in [2.45, 2.75) is 32.0 Å². The van der Waals surface area contributed by atoms with Crippen LogP contribution in [0.3, 0.4) is 0 Å². The number of rotatable bonds is 7. The van der Waals surface area contributed by atoms with E-state index >= 15 is 0 Å². The molecule has 8 nitrogen and oxygen atoms in total. The van der Waals surface area contributed by atoms with Crippen molar-refractivity contribution in [2.75, 3.05) is 20.8 Å². The fourth-order valence-corrected chi connectivity index (χ4v) is 4.23. The molecule has 0 fully saturated rings. The van der Waals surface area contributed by atoms with Gasteiger partial charge < -0.3 is 29.4 Å². The molecule has 0 aliphatic carbocycles. The zero-order chi connectivity index (χ0) is 24.1. The highest BCUT2D eigenvalue weighted by atomic mass is 16.5. The van der Waals surface area contributed by atoms with E-state index in [2.05, 4.69) is 10.6 Å². The third-order valence-corrected chi connectivity index (χ3v) is 6.00. The average Bonchev–Trinajstić information content (AvgIpc) is 3.39. The third-order valence-electron chi connectivity index (χ3n) is 6.00. The van der Waals surface area contributed by atoms with Crippen LogP contribution in [0.2, 0.25) is 0 Å². The van der Waals surface area contributed by atoms with Gasteiger partial charge in [-0.3, -0.25) is 4.79 Å². The lowest BCUT2D eigenvalue weighted by molar-refractivity contribution is -0.122. The third kappa shape index (κ3) is 4.85. The Morgan fingerprint density at radius 1 is 1.09 bits per heavy atom. The Labute approximate surface area is 198 Å². The minimum Gasteiger partial charge on any atom is -0.493 e. The number of benzene rings is 2. The zero-order valence-electron chi connectivity index (χ0n) is 19.5. The molecule has 1 aromatic heterocycles. The second kappa shape index (κ2) is 10.3. The molecule has 0 saturated carbocycles. The average molecular weight is 464 g/mol. The summed E-state index contributed by atoms with van der Waals surface area (Å²) >= 11 is 0. The van der Waals surface area contributed by atoms with Crippen LogP contribution in [0.25, 0.3) is 0 Å². The Bertz CT molecular complexity index is 1130. The molecule has 1 aliphatic rings. The van der Waals surface area contributed by atoms with E-state index in [-0.39, 0.29) is 24.5 Å². The first-order chi connectivity index (χ1) is 16.5. The Hall–Kier alpha value is -3.94. The fourth-order valence-electron chi connectivity index (χ4n) is 4.23. The van der Waals surface area contributed by atoms with Crippen LogP contribution in [0.4, 0.5) is 4.79 Å². The van der Waals surface area contributed by atoms with Gasteiger partial charge in [0, 0.05) is 6.54 Å². The number of hydrogen-bond acceptors (Lipinski definition) is 5. The van der Waals surface area contributed by atoms with E-state index in [1.807, 2.05) is 42.5 Å². The van der Waals surface area contributed by atoms with Gasteiger partial charge >= 0.3 is 6.03 Å². The lowest BCUT2D eigenvalue weighted by Gasteiger charge is -2.38. The molecule has 3 amide bonds. The predicted molar refractivity (Wildman–Crippen MR) is 127 cm³/mol. The number of carbonyl (C=O) groups is 2. The Morgan fingerprint density at radius 3 is 2.50 bits per heavy atom. The van der Waals surface area contributed by atoms with E-state index in [1.165, 1.54) is 0 Å². The summed E-state index contributed by atoms with van der Waals surface area (Å²) in [5, 5.41) is 5.63. The van der Waals surface area contributed by atoms with Crippen molar-refractivity contribution >= 4 is 11.9 Å². The number of ether oxygens (including phenoxy) is 2. The van der Waals surface area contributed by atoms with Gasteiger partial charge in [0.1, 0.15) is 11.8 Å². The first-order valence-electron chi connectivity index (χ1n) is 11.2. The maximum atomic E-state index is 13.4. The number of hydrogen-bond donors (Lipinski definition) is 2. The van der Waals surface area contributed by atoms with Gasteiger partial charge in [-0.1, -0.05) is 30.3 Å². The van der Waals surface area contributed by atoms with Crippen molar-refractivity contribution in [3.05, 3.63) is 83.3 Å². The molecular formula is C26H29N3O5. The van der Waals surface area contributed by atoms with Crippen molar-refractivity contribution in [3.63, 3.8) is 0 Å². The van der Waals surface area contributed by atoms with Crippen molar-refractivity contribution < 1.29 is 23.5 Å². The normalized spacial score (nSPS) is 15.7. The van der Waals surface area contributed by atoms with Crippen molar-refractivity contribution in [1.29, 1.82) is 0 Å². The second-order valence-corrected chi connectivity index (χ2v) is 8.13. The lowest BCUT2D eigenvalue weighted by Crippen LogP contribution is -2.52. The number of methoxy groups -OCH3 is 2. The van der Waals surface area contributed by atoms with Gasteiger partial charge in [-0.25, -0.2) is 4.79 Å².